The fraction of sp³-hybridized carbons (Fsp3) is 0.0909. The molecule has 0 aliphatic carbocycles. The number of hydrogen-bond acceptors (Lipinski definition) is 5. The molecule has 0 saturated carbocycles. The van der Waals surface area contributed by atoms with Crippen LogP contribution in [0.25, 0.3) is 0 Å². The summed E-state index contributed by atoms with van der Waals surface area (Å²) < 4.78 is 2.01. The van der Waals surface area contributed by atoms with E-state index in [1.54, 1.807) is 7.05 Å². The lowest BCUT2D eigenvalue weighted by Crippen LogP contribution is -2.17. The van der Waals surface area contributed by atoms with E-state index in [1.165, 1.54) is 10.9 Å². The second-order valence-electron chi connectivity index (χ2n) is 3.88. The predicted octanol–water partition coefficient (Wildman–Crippen LogP) is 1.89. The standard InChI is InChI=1S/C11H9IN4O4/c1-15-10(7(12)5-13-15)11(18)14-8-4-6(16(19)20)2-3-9(8)17/h2-5,17H,1H3,(H,14,18). The molecule has 20 heavy (non-hydrogen) atoms. The minimum Gasteiger partial charge on any atom is -0.506 e. The number of carbonyl (C=O) groups excluding carboxylic acids is 1. The van der Waals surface area contributed by atoms with Gasteiger partial charge in [0.05, 0.1) is 20.4 Å². The molecule has 0 spiro atoms. The van der Waals surface area contributed by atoms with Gasteiger partial charge in [0, 0.05) is 19.2 Å². The number of benzene rings is 1. The molecule has 1 aromatic heterocycles. The third-order valence-electron chi connectivity index (χ3n) is 2.55. The van der Waals surface area contributed by atoms with Crippen LogP contribution in [-0.2, 0) is 7.05 Å². The Morgan fingerprint density at radius 3 is 2.80 bits per heavy atom. The highest BCUT2D eigenvalue weighted by atomic mass is 127. The smallest absolute Gasteiger partial charge is 0.275 e. The Hall–Kier alpha value is -2.17. The molecule has 0 aliphatic heterocycles. The van der Waals surface area contributed by atoms with Gasteiger partial charge in [-0.2, -0.15) is 5.10 Å². The highest BCUT2D eigenvalue weighted by Crippen LogP contribution is 2.28. The molecule has 0 radical (unpaired) electrons. The molecule has 9 heteroatoms. The number of non-ortho nitro benzene ring substituents is 1. The van der Waals surface area contributed by atoms with Crippen LogP contribution in [0.5, 0.6) is 5.75 Å². The minimum absolute atomic E-state index is 0.0267. The van der Waals surface area contributed by atoms with Gasteiger partial charge in [0.1, 0.15) is 11.4 Å². The van der Waals surface area contributed by atoms with Crippen molar-refractivity contribution in [2.24, 2.45) is 7.05 Å². The van der Waals surface area contributed by atoms with Crippen molar-refractivity contribution in [2.45, 2.75) is 0 Å². The summed E-state index contributed by atoms with van der Waals surface area (Å²) in [5.41, 5.74) is 0.0514. The van der Waals surface area contributed by atoms with Crippen molar-refractivity contribution in [3.63, 3.8) is 0 Å². The molecule has 0 atom stereocenters. The van der Waals surface area contributed by atoms with Crippen LogP contribution in [0, 0.1) is 13.7 Å². The lowest BCUT2D eigenvalue weighted by atomic mass is 10.2. The maximum atomic E-state index is 12.1. The van der Waals surface area contributed by atoms with Gasteiger partial charge in [0.15, 0.2) is 0 Å². The quantitative estimate of drug-likeness (QED) is 0.361. The lowest BCUT2D eigenvalue weighted by molar-refractivity contribution is -0.384. The number of phenols is 1. The monoisotopic (exact) mass is 388 g/mol. The van der Waals surface area contributed by atoms with E-state index in [1.807, 2.05) is 22.6 Å². The summed E-state index contributed by atoms with van der Waals surface area (Å²) in [5, 5.41) is 26.7. The van der Waals surface area contributed by atoms with E-state index in [0.717, 1.165) is 18.2 Å². The molecular formula is C11H9IN4O4. The van der Waals surface area contributed by atoms with Crippen LogP contribution in [-0.4, -0.2) is 25.7 Å². The zero-order valence-electron chi connectivity index (χ0n) is 10.2. The first kappa shape index (κ1) is 14.2. The maximum Gasteiger partial charge on any atom is 0.275 e. The Bertz CT molecular complexity index is 678. The fourth-order valence-corrected chi connectivity index (χ4v) is 2.30. The highest BCUT2D eigenvalue weighted by Gasteiger charge is 2.18. The summed E-state index contributed by atoms with van der Waals surface area (Å²) in [6, 6.07) is 3.40. The first-order chi connectivity index (χ1) is 9.40. The van der Waals surface area contributed by atoms with Gasteiger partial charge in [0.25, 0.3) is 11.6 Å². The van der Waals surface area contributed by atoms with Gasteiger partial charge >= 0.3 is 0 Å². The molecule has 0 unspecified atom stereocenters. The number of phenolic OH excluding ortho intramolecular Hbond substituents is 1. The van der Waals surface area contributed by atoms with Crippen molar-refractivity contribution >= 4 is 39.9 Å². The van der Waals surface area contributed by atoms with E-state index in [0.29, 0.717) is 9.26 Å². The zero-order chi connectivity index (χ0) is 14.9. The second-order valence-corrected chi connectivity index (χ2v) is 5.04. The number of anilines is 1. The van der Waals surface area contributed by atoms with Crippen LogP contribution < -0.4 is 5.32 Å². The first-order valence-corrected chi connectivity index (χ1v) is 6.44. The van der Waals surface area contributed by atoms with E-state index in [9.17, 15) is 20.0 Å². The summed E-state index contributed by atoms with van der Waals surface area (Å²) >= 11 is 1.95. The molecular weight excluding hydrogens is 379 g/mol. The Kier molecular flexibility index (Phi) is 3.88. The Labute approximate surface area is 126 Å². The molecule has 0 bridgehead atoms. The second kappa shape index (κ2) is 5.45. The van der Waals surface area contributed by atoms with Crippen LogP contribution >= 0.6 is 22.6 Å². The molecule has 2 rings (SSSR count). The number of nitrogens with one attached hydrogen (secondary N) is 1. The van der Waals surface area contributed by atoms with Crippen molar-refractivity contribution in [2.75, 3.05) is 5.32 Å². The highest BCUT2D eigenvalue weighted by molar-refractivity contribution is 14.1. The number of carbonyl (C=O) groups is 1. The zero-order valence-corrected chi connectivity index (χ0v) is 12.4. The average molecular weight is 388 g/mol. The summed E-state index contributed by atoms with van der Waals surface area (Å²) in [5.74, 6) is -0.758. The molecule has 2 N–H and O–H groups in total. The third-order valence-corrected chi connectivity index (χ3v) is 3.34. The summed E-state index contributed by atoms with van der Waals surface area (Å²) in [6.45, 7) is 0. The Morgan fingerprint density at radius 2 is 2.25 bits per heavy atom. The number of nitrogens with zero attached hydrogens (tertiary/aromatic N) is 3. The molecule has 1 aromatic carbocycles. The van der Waals surface area contributed by atoms with Crippen LogP contribution in [0.2, 0.25) is 0 Å². The normalized spacial score (nSPS) is 10.3. The largest absolute Gasteiger partial charge is 0.506 e. The summed E-state index contributed by atoms with van der Waals surface area (Å²) in [7, 11) is 1.60. The number of hydrogen-bond donors (Lipinski definition) is 2. The van der Waals surface area contributed by atoms with Gasteiger partial charge in [-0.1, -0.05) is 0 Å². The summed E-state index contributed by atoms with van der Waals surface area (Å²) in [4.78, 5) is 22.2. The lowest BCUT2D eigenvalue weighted by Gasteiger charge is -2.07. The SMILES string of the molecule is Cn1ncc(I)c1C(=O)Nc1cc([N+](=O)[O-])ccc1O. The van der Waals surface area contributed by atoms with Gasteiger partial charge in [-0.25, -0.2) is 0 Å². The molecule has 104 valence electrons. The number of amides is 1. The Balaban J connectivity index is 2.33. The van der Waals surface area contributed by atoms with Crippen LogP contribution in [0.1, 0.15) is 10.5 Å². The number of aryl methyl sites for hydroxylation is 1. The molecule has 0 fully saturated rings. The number of aromatic nitrogens is 2. The van der Waals surface area contributed by atoms with E-state index in [-0.39, 0.29) is 17.1 Å². The molecule has 2 aromatic rings. The van der Waals surface area contributed by atoms with Crippen LogP contribution in [0.15, 0.2) is 24.4 Å². The van der Waals surface area contributed by atoms with Crippen molar-refractivity contribution in [1.82, 2.24) is 9.78 Å². The van der Waals surface area contributed by atoms with Gasteiger partial charge in [-0.3, -0.25) is 19.6 Å². The van der Waals surface area contributed by atoms with E-state index in [4.69, 9.17) is 0 Å². The van der Waals surface area contributed by atoms with Crippen molar-refractivity contribution in [3.05, 3.63) is 43.8 Å². The van der Waals surface area contributed by atoms with Crippen LogP contribution in [0.4, 0.5) is 11.4 Å². The van der Waals surface area contributed by atoms with Gasteiger partial charge in [-0.15, -0.1) is 0 Å². The minimum atomic E-state index is -0.608. The van der Waals surface area contributed by atoms with E-state index >= 15 is 0 Å². The molecule has 0 aliphatic rings. The molecule has 0 saturated heterocycles. The number of aromatic hydroxyl groups is 1. The number of nitro benzene ring substituents is 1. The maximum absolute atomic E-state index is 12.1. The van der Waals surface area contributed by atoms with Crippen molar-refractivity contribution in [1.29, 1.82) is 0 Å². The van der Waals surface area contributed by atoms with Gasteiger partial charge in [-0.05, 0) is 28.7 Å². The first-order valence-electron chi connectivity index (χ1n) is 5.36. The van der Waals surface area contributed by atoms with Crippen molar-refractivity contribution in [3.8, 4) is 5.75 Å². The van der Waals surface area contributed by atoms with E-state index in [2.05, 4.69) is 10.4 Å². The molecule has 1 heterocycles. The molecule has 8 nitrogen and oxygen atoms in total. The summed E-state index contributed by atoms with van der Waals surface area (Å²) in [6.07, 6.45) is 1.52. The van der Waals surface area contributed by atoms with Crippen molar-refractivity contribution < 1.29 is 14.8 Å². The average Bonchev–Trinajstić information content (AvgIpc) is 2.71. The Morgan fingerprint density at radius 1 is 1.55 bits per heavy atom. The fourth-order valence-electron chi connectivity index (χ4n) is 1.59. The number of halogens is 1. The number of nitro groups is 1. The molecule has 1 amide bonds. The third kappa shape index (κ3) is 2.71. The number of rotatable bonds is 3. The van der Waals surface area contributed by atoms with E-state index < -0.39 is 10.8 Å². The van der Waals surface area contributed by atoms with Gasteiger partial charge in [0.2, 0.25) is 0 Å². The van der Waals surface area contributed by atoms with Gasteiger partial charge < -0.3 is 10.4 Å². The van der Waals surface area contributed by atoms with Crippen LogP contribution in [0.3, 0.4) is 0 Å². The topological polar surface area (TPSA) is 110 Å². The predicted molar refractivity (Wildman–Crippen MR) is 78.6 cm³/mol.